The minimum atomic E-state index is -1.17. The number of carboxylic acids is 1. The van der Waals surface area contributed by atoms with Gasteiger partial charge in [0.05, 0.1) is 5.56 Å². The summed E-state index contributed by atoms with van der Waals surface area (Å²) in [5.74, 6) is -0.525. The molecule has 0 amide bonds. The summed E-state index contributed by atoms with van der Waals surface area (Å²) in [6.45, 7) is 0.604. The molecular weight excluding hydrogens is 452 g/mol. The van der Waals surface area contributed by atoms with Gasteiger partial charge in [0.1, 0.15) is 29.0 Å². The lowest BCUT2D eigenvalue weighted by Crippen LogP contribution is -2.32. The van der Waals surface area contributed by atoms with Crippen LogP contribution in [0.25, 0.3) is 0 Å². The first-order chi connectivity index (χ1) is 16.8. The highest BCUT2D eigenvalue weighted by atomic mass is 16.6. The number of carbonyl (C=O) groups is 2. The van der Waals surface area contributed by atoms with Crippen molar-refractivity contribution in [1.29, 1.82) is 0 Å². The van der Waals surface area contributed by atoms with Crippen LogP contribution in [0.3, 0.4) is 0 Å². The first kappa shape index (κ1) is 24.1. The van der Waals surface area contributed by atoms with Crippen LogP contribution >= 0.6 is 0 Å². The van der Waals surface area contributed by atoms with Crippen LogP contribution in [-0.4, -0.2) is 39.8 Å². The minimum absolute atomic E-state index is 0.0371. The van der Waals surface area contributed by atoms with Crippen molar-refractivity contribution in [3.05, 3.63) is 82.9 Å². The Morgan fingerprint density at radius 3 is 2.09 bits per heavy atom. The van der Waals surface area contributed by atoms with Crippen LogP contribution in [0.15, 0.2) is 60.7 Å². The van der Waals surface area contributed by atoms with Gasteiger partial charge in [0.2, 0.25) is 0 Å². The van der Waals surface area contributed by atoms with E-state index in [1.165, 1.54) is 24.3 Å². The number of esters is 1. The molecule has 5 rings (SSSR count). The summed E-state index contributed by atoms with van der Waals surface area (Å²) in [5.41, 5.74) is 11.7. The van der Waals surface area contributed by atoms with E-state index in [-0.39, 0.29) is 11.5 Å². The zero-order chi connectivity index (χ0) is 25.2. The van der Waals surface area contributed by atoms with Gasteiger partial charge < -0.3 is 36.3 Å². The molecule has 9 heteroatoms. The molecule has 2 heterocycles. The molecule has 0 bridgehead atoms. The van der Waals surface area contributed by atoms with Crippen LogP contribution < -0.4 is 16.2 Å². The van der Waals surface area contributed by atoms with E-state index in [4.69, 9.17) is 26.0 Å². The second-order valence-electron chi connectivity index (χ2n) is 8.31. The minimum Gasteiger partial charge on any atom is -0.508 e. The maximum Gasteiger partial charge on any atom is 0.340 e. The number of carbonyl (C=O) groups excluding carboxylic acids is 1. The molecule has 0 fully saturated rings. The maximum atomic E-state index is 12.5. The van der Waals surface area contributed by atoms with Gasteiger partial charge >= 0.3 is 11.9 Å². The molecule has 35 heavy (non-hydrogen) atoms. The van der Waals surface area contributed by atoms with Gasteiger partial charge in [-0.05, 0) is 49.7 Å². The van der Waals surface area contributed by atoms with Gasteiger partial charge in [-0.1, -0.05) is 24.6 Å². The zero-order valence-electron chi connectivity index (χ0n) is 18.8. The number of phenolic OH excluding ortho intramolecular Hbond substituents is 2. The van der Waals surface area contributed by atoms with Gasteiger partial charge in [0, 0.05) is 28.8 Å². The van der Waals surface area contributed by atoms with E-state index < -0.39 is 23.6 Å². The first-order valence-corrected chi connectivity index (χ1v) is 11.1. The van der Waals surface area contributed by atoms with Crippen molar-refractivity contribution in [3.63, 3.8) is 0 Å². The molecule has 0 aromatic heterocycles. The van der Waals surface area contributed by atoms with Crippen LogP contribution in [0.5, 0.6) is 23.0 Å². The summed E-state index contributed by atoms with van der Waals surface area (Å²) >= 11 is 0. The molecule has 0 saturated carbocycles. The number of unbranched alkanes of at least 4 members (excludes halogenated alkanes) is 1. The second kappa shape index (κ2) is 9.65. The third-order valence-corrected chi connectivity index (χ3v) is 5.97. The molecule has 0 aliphatic carbocycles. The van der Waals surface area contributed by atoms with Crippen molar-refractivity contribution in [3.8, 4) is 23.0 Å². The highest BCUT2D eigenvalue weighted by Gasteiger charge is 2.53. The summed E-state index contributed by atoms with van der Waals surface area (Å²) in [4.78, 5) is 22.7. The number of hydrogen-bond donors (Lipinski definition) is 5. The smallest absolute Gasteiger partial charge is 0.340 e. The molecule has 0 saturated heterocycles. The van der Waals surface area contributed by atoms with Gasteiger partial charge in [-0.3, -0.25) is 4.79 Å². The molecule has 3 aromatic rings. The van der Waals surface area contributed by atoms with Crippen LogP contribution in [0.2, 0.25) is 0 Å². The molecule has 1 spiro atoms. The van der Waals surface area contributed by atoms with E-state index in [9.17, 15) is 19.8 Å². The van der Waals surface area contributed by atoms with Gasteiger partial charge in [-0.25, -0.2) is 4.79 Å². The summed E-state index contributed by atoms with van der Waals surface area (Å²) in [6, 6.07) is 15.9. The van der Waals surface area contributed by atoms with E-state index in [0.717, 1.165) is 12.8 Å². The standard InChI is InChI=1S/C20H12O5.C6H14N2O2/c21-11-5-7-15-17(9-11)24-18-10-12(22)6-8-16(18)20(15)14-4-2-1-3-13(14)19(23)25-20;7-4-2-1-3-5(8)6(9)10/h1-10,21-22H;5H,1-4,7-8H2,(H,9,10). The molecule has 1 atom stereocenters. The van der Waals surface area contributed by atoms with E-state index >= 15 is 0 Å². The summed E-state index contributed by atoms with van der Waals surface area (Å²) in [5, 5.41) is 28.0. The lowest BCUT2D eigenvalue weighted by Gasteiger charge is -2.36. The van der Waals surface area contributed by atoms with E-state index in [2.05, 4.69) is 0 Å². The molecule has 2 aliphatic rings. The fraction of sp³-hybridized carbons (Fsp3) is 0.231. The Morgan fingerprint density at radius 2 is 1.51 bits per heavy atom. The van der Waals surface area contributed by atoms with Gasteiger partial charge in [-0.15, -0.1) is 0 Å². The number of aromatic hydroxyl groups is 2. The molecule has 0 radical (unpaired) electrons. The van der Waals surface area contributed by atoms with Crippen molar-refractivity contribution in [2.45, 2.75) is 30.9 Å². The van der Waals surface area contributed by atoms with Gasteiger partial charge in [0.15, 0.2) is 5.60 Å². The molecule has 7 N–H and O–H groups in total. The van der Waals surface area contributed by atoms with E-state index in [1.54, 1.807) is 24.3 Å². The van der Waals surface area contributed by atoms with Gasteiger partial charge in [-0.2, -0.15) is 0 Å². The molecular formula is C26H26N2O7. The van der Waals surface area contributed by atoms with Gasteiger partial charge in [0.25, 0.3) is 0 Å². The largest absolute Gasteiger partial charge is 0.508 e. The number of fused-ring (bicyclic) bond motifs is 6. The van der Waals surface area contributed by atoms with Crippen molar-refractivity contribution in [2.24, 2.45) is 11.5 Å². The summed E-state index contributed by atoms with van der Waals surface area (Å²) in [6.07, 6.45) is 2.16. The quantitative estimate of drug-likeness (QED) is 0.273. The number of benzene rings is 3. The van der Waals surface area contributed by atoms with Crippen LogP contribution in [0.4, 0.5) is 0 Å². The van der Waals surface area contributed by atoms with Crippen LogP contribution in [0.1, 0.15) is 46.3 Å². The Balaban J connectivity index is 0.000000248. The number of nitrogens with two attached hydrogens (primary N) is 2. The number of aliphatic carboxylic acids is 1. The first-order valence-electron chi connectivity index (χ1n) is 11.1. The maximum absolute atomic E-state index is 12.5. The third kappa shape index (κ3) is 4.39. The fourth-order valence-corrected chi connectivity index (χ4v) is 4.29. The fourth-order valence-electron chi connectivity index (χ4n) is 4.29. The normalized spacial score (nSPS) is 15.0. The lowest BCUT2D eigenvalue weighted by molar-refractivity contribution is -0.138. The number of ether oxygens (including phenoxy) is 2. The topological polar surface area (TPSA) is 165 Å². The highest BCUT2D eigenvalue weighted by molar-refractivity contribution is 5.97. The Morgan fingerprint density at radius 1 is 0.914 bits per heavy atom. The number of rotatable bonds is 5. The number of hydrogen-bond acceptors (Lipinski definition) is 8. The lowest BCUT2D eigenvalue weighted by atomic mass is 9.77. The Hall–Kier alpha value is -4.08. The number of carboxylic acid groups (broad SMARTS) is 1. The summed E-state index contributed by atoms with van der Waals surface area (Å²) < 4.78 is 11.8. The van der Waals surface area contributed by atoms with Crippen molar-refractivity contribution >= 4 is 11.9 Å². The number of phenols is 2. The Bertz CT molecular complexity index is 1220. The van der Waals surface area contributed by atoms with E-state index in [0.29, 0.717) is 46.7 Å². The third-order valence-electron chi connectivity index (χ3n) is 5.97. The predicted octanol–water partition coefficient (Wildman–Crippen LogP) is 3.19. The zero-order valence-corrected chi connectivity index (χ0v) is 18.8. The predicted molar refractivity (Wildman–Crippen MR) is 127 cm³/mol. The molecule has 182 valence electrons. The van der Waals surface area contributed by atoms with Crippen molar-refractivity contribution in [1.82, 2.24) is 0 Å². The average Bonchev–Trinajstić information content (AvgIpc) is 3.12. The van der Waals surface area contributed by atoms with Crippen LogP contribution in [0, 0.1) is 0 Å². The molecule has 1 unspecified atom stereocenters. The summed E-state index contributed by atoms with van der Waals surface area (Å²) in [7, 11) is 0. The highest BCUT2D eigenvalue weighted by Crippen LogP contribution is 2.56. The van der Waals surface area contributed by atoms with Crippen molar-refractivity contribution in [2.75, 3.05) is 6.54 Å². The van der Waals surface area contributed by atoms with E-state index in [1.807, 2.05) is 12.1 Å². The molecule has 3 aromatic carbocycles. The average molecular weight is 479 g/mol. The Labute approximate surface area is 201 Å². The molecule has 2 aliphatic heterocycles. The molecule has 9 nitrogen and oxygen atoms in total. The monoisotopic (exact) mass is 478 g/mol. The second-order valence-corrected chi connectivity index (χ2v) is 8.31. The SMILES string of the molecule is NCCCCC(N)C(=O)O.O=C1OC2(c3ccc(O)cc3Oc3cc(O)ccc32)c2ccccc21. The Kier molecular flexibility index (Phi) is 6.63. The van der Waals surface area contributed by atoms with Crippen LogP contribution in [-0.2, 0) is 15.1 Å². The van der Waals surface area contributed by atoms with Crippen molar-refractivity contribution < 1.29 is 34.4 Å².